The molecule has 3 N–H and O–H groups in total. The van der Waals surface area contributed by atoms with Crippen molar-refractivity contribution >= 4 is 5.97 Å². The van der Waals surface area contributed by atoms with E-state index in [-0.39, 0.29) is 6.04 Å². The molecule has 10 heavy (non-hydrogen) atoms. The molecule has 0 aliphatic rings. The number of nitrogens with one attached hydrogen (secondary N) is 2. The van der Waals surface area contributed by atoms with E-state index in [1.165, 1.54) is 0 Å². The highest BCUT2D eigenvalue weighted by Gasteiger charge is 2.20. The summed E-state index contributed by atoms with van der Waals surface area (Å²) in [4.78, 5) is 10.4. The van der Waals surface area contributed by atoms with Crippen LogP contribution in [0.4, 0.5) is 0 Å². The fraction of sp³-hybridized carbons (Fsp3) is 0.833. The molecule has 4 nitrogen and oxygen atoms in total. The molecule has 0 aliphatic carbocycles. The van der Waals surface area contributed by atoms with Crippen molar-refractivity contribution in [1.82, 2.24) is 10.6 Å². The van der Waals surface area contributed by atoms with Gasteiger partial charge in [-0.15, -0.1) is 0 Å². The van der Waals surface area contributed by atoms with E-state index in [0.29, 0.717) is 0 Å². The molecule has 0 aromatic heterocycles. The minimum absolute atomic E-state index is 0.0532. The molecule has 0 saturated carbocycles. The van der Waals surface area contributed by atoms with Crippen molar-refractivity contribution in [3.63, 3.8) is 0 Å². The topological polar surface area (TPSA) is 61.4 Å². The molecule has 0 aliphatic heterocycles. The standard InChI is InChI=1S/C6H14N2O2/c1-4(7-2)5(8-3)6(9)10/h4-5,7-8H,1-3H3,(H,9,10). The molecule has 0 bridgehead atoms. The van der Waals surface area contributed by atoms with Gasteiger partial charge in [0.25, 0.3) is 0 Å². The molecular formula is C6H14N2O2. The minimum atomic E-state index is -0.829. The van der Waals surface area contributed by atoms with Crippen LogP contribution in [0.3, 0.4) is 0 Å². The highest BCUT2D eigenvalue weighted by atomic mass is 16.4. The maximum atomic E-state index is 10.4. The second kappa shape index (κ2) is 4.24. The summed E-state index contributed by atoms with van der Waals surface area (Å²) < 4.78 is 0. The van der Waals surface area contributed by atoms with E-state index in [0.717, 1.165) is 0 Å². The molecule has 0 aromatic carbocycles. The van der Waals surface area contributed by atoms with Gasteiger partial charge in [-0.05, 0) is 21.0 Å². The zero-order valence-corrected chi connectivity index (χ0v) is 6.51. The zero-order chi connectivity index (χ0) is 8.15. The SMILES string of the molecule is CNC(C)C(NC)C(=O)O. The van der Waals surface area contributed by atoms with Crippen molar-refractivity contribution in [2.24, 2.45) is 0 Å². The van der Waals surface area contributed by atoms with Crippen molar-refractivity contribution in [2.75, 3.05) is 14.1 Å². The third-order valence-electron chi connectivity index (χ3n) is 1.53. The Balaban J connectivity index is 3.92. The molecule has 2 atom stereocenters. The lowest BCUT2D eigenvalue weighted by Crippen LogP contribution is -2.48. The first-order chi connectivity index (χ1) is 4.63. The van der Waals surface area contributed by atoms with Gasteiger partial charge in [-0.1, -0.05) is 0 Å². The van der Waals surface area contributed by atoms with Gasteiger partial charge in [0.15, 0.2) is 0 Å². The van der Waals surface area contributed by atoms with Gasteiger partial charge in [0.05, 0.1) is 0 Å². The molecule has 0 saturated heterocycles. The van der Waals surface area contributed by atoms with Crippen LogP contribution in [0.25, 0.3) is 0 Å². The Morgan fingerprint density at radius 2 is 1.90 bits per heavy atom. The number of hydrogen-bond acceptors (Lipinski definition) is 3. The summed E-state index contributed by atoms with van der Waals surface area (Å²) in [6.45, 7) is 1.81. The molecule has 4 heteroatoms. The normalized spacial score (nSPS) is 16.3. The van der Waals surface area contributed by atoms with E-state index >= 15 is 0 Å². The Morgan fingerprint density at radius 3 is 2.00 bits per heavy atom. The summed E-state index contributed by atoms with van der Waals surface area (Å²) in [5.41, 5.74) is 0. The zero-order valence-electron chi connectivity index (χ0n) is 6.51. The van der Waals surface area contributed by atoms with Crippen LogP contribution < -0.4 is 10.6 Å². The van der Waals surface area contributed by atoms with Crippen molar-refractivity contribution < 1.29 is 9.90 Å². The third-order valence-corrected chi connectivity index (χ3v) is 1.53. The first-order valence-corrected chi connectivity index (χ1v) is 3.20. The number of carboxylic acids is 1. The molecule has 0 rings (SSSR count). The van der Waals surface area contributed by atoms with Gasteiger partial charge in [-0.25, -0.2) is 0 Å². The number of carboxylic acid groups (broad SMARTS) is 1. The molecule has 0 aromatic rings. The molecule has 60 valence electrons. The number of aliphatic carboxylic acids is 1. The summed E-state index contributed by atoms with van der Waals surface area (Å²) in [6.07, 6.45) is 0. The quantitative estimate of drug-likeness (QED) is 0.489. The van der Waals surface area contributed by atoms with Gasteiger partial charge in [0.2, 0.25) is 0 Å². The van der Waals surface area contributed by atoms with Crippen LogP contribution >= 0.6 is 0 Å². The van der Waals surface area contributed by atoms with E-state index in [4.69, 9.17) is 5.11 Å². The van der Waals surface area contributed by atoms with Crippen LogP contribution in [-0.2, 0) is 4.79 Å². The first-order valence-electron chi connectivity index (χ1n) is 3.20. The van der Waals surface area contributed by atoms with E-state index < -0.39 is 12.0 Å². The van der Waals surface area contributed by atoms with E-state index in [2.05, 4.69) is 10.6 Å². The molecule has 0 spiro atoms. The number of carbonyl (C=O) groups is 1. The maximum Gasteiger partial charge on any atom is 0.322 e. The van der Waals surface area contributed by atoms with Crippen molar-refractivity contribution in [3.8, 4) is 0 Å². The Labute approximate surface area is 60.6 Å². The molecule has 0 amide bonds. The smallest absolute Gasteiger partial charge is 0.322 e. The molecule has 0 heterocycles. The van der Waals surface area contributed by atoms with Crippen molar-refractivity contribution in [3.05, 3.63) is 0 Å². The van der Waals surface area contributed by atoms with Crippen LogP contribution in [-0.4, -0.2) is 37.3 Å². The van der Waals surface area contributed by atoms with Gasteiger partial charge < -0.3 is 15.7 Å². The first kappa shape index (κ1) is 9.39. The Morgan fingerprint density at radius 1 is 1.40 bits per heavy atom. The van der Waals surface area contributed by atoms with Gasteiger partial charge in [-0.2, -0.15) is 0 Å². The van der Waals surface area contributed by atoms with Crippen molar-refractivity contribution in [2.45, 2.75) is 19.0 Å². The van der Waals surface area contributed by atoms with E-state index in [1.807, 2.05) is 6.92 Å². The average molecular weight is 146 g/mol. The highest BCUT2D eigenvalue weighted by Crippen LogP contribution is 1.90. The minimum Gasteiger partial charge on any atom is -0.480 e. The molecule has 2 unspecified atom stereocenters. The fourth-order valence-corrected chi connectivity index (χ4v) is 0.754. The number of hydrogen-bond donors (Lipinski definition) is 3. The summed E-state index contributed by atoms with van der Waals surface area (Å²) in [5, 5.41) is 14.1. The van der Waals surface area contributed by atoms with E-state index in [1.54, 1.807) is 14.1 Å². The molecular weight excluding hydrogens is 132 g/mol. The Kier molecular flexibility index (Phi) is 3.99. The highest BCUT2D eigenvalue weighted by molar-refractivity contribution is 5.74. The lowest BCUT2D eigenvalue weighted by Gasteiger charge is -2.17. The van der Waals surface area contributed by atoms with Gasteiger partial charge in [0, 0.05) is 6.04 Å². The predicted molar refractivity (Wildman–Crippen MR) is 39.0 cm³/mol. The Bertz CT molecular complexity index is 116. The van der Waals surface area contributed by atoms with Gasteiger partial charge >= 0.3 is 5.97 Å². The summed E-state index contributed by atoms with van der Waals surface area (Å²) in [7, 11) is 3.37. The predicted octanol–water partition coefficient (Wildman–Crippen LogP) is -0.733. The second-order valence-corrected chi connectivity index (χ2v) is 2.18. The van der Waals surface area contributed by atoms with Gasteiger partial charge in [0.1, 0.15) is 6.04 Å². The number of rotatable bonds is 4. The third kappa shape index (κ3) is 2.33. The maximum absolute atomic E-state index is 10.4. The molecule has 0 fully saturated rings. The largest absolute Gasteiger partial charge is 0.480 e. The summed E-state index contributed by atoms with van der Waals surface area (Å²) in [6, 6.07) is -0.563. The fourth-order valence-electron chi connectivity index (χ4n) is 0.754. The lowest BCUT2D eigenvalue weighted by molar-refractivity contribution is -0.139. The second-order valence-electron chi connectivity index (χ2n) is 2.18. The molecule has 0 radical (unpaired) electrons. The van der Waals surface area contributed by atoms with E-state index in [9.17, 15) is 4.79 Å². The van der Waals surface area contributed by atoms with Gasteiger partial charge in [-0.3, -0.25) is 4.79 Å². The monoisotopic (exact) mass is 146 g/mol. The lowest BCUT2D eigenvalue weighted by atomic mass is 10.1. The van der Waals surface area contributed by atoms with Crippen LogP contribution in [0.5, 0.6) is 0 Å². The van der Waals surface area contributed by atoms with Crippen LogP contribution in [0, 0.1) is 0 Å². The van der Waals surface area contributed by atoms with Crippen LogP contribution in [0.2, 0.25) is 0 Å². The summed E-state index contributed by atoms with van der Waals surface area (Å²) in [5.74, 6) is -0.829. The Hall–Kier alpha value is -0.610. The van der Waals surface area contributed by atoms with Crippen molar-refractivity contribution in [1.29, 1.82) is 0 Å². The van der Waals surface area contributed by atoms with Crippen LogP contribution in [0.1, 0.15) is 6.92 Å². The number of likely N-dealkylation sites (N-methyl/N-ethyl adjacent to an activating group) is 2. The summed E-state index contributed by atoms with van der Waals surface area (Å²) >= 11 is 0. The average Bonchev–Trinajstić information content (AvgIpc) is 1.88. The van der Waals surface area contributed by atoms with Crippen LogP contribution in [0.15, 0.2) is 0 Å².